The zero-order chi connectivity index (χ0) is 14.3. The molecule has 2 N–H and O–H groups in total. The molecule has 0 unspecified atom stereocenters. The minimum absolute atomic E-state index is 0.0938. The van der Waals surface area contributed by atoms with Crippen molar-refractivity contribution >= 4 is 17.3 Å². The molecule has 3 rings (SSSR count). The van der Waals surface area contributed by atoms with Gasteiger partial charge in [0.25, 0.3) is 0 Å². The summed E-state index contributed by atoms with van der Waals surface area (Å²) in [5, 5.41) is 8.66. The summed E-state index contributed by atoms with van der Waals surface area (Å²) in [4.78, 5) is 4.25. The molecule has 0 spiro atoms. The van der Waals surface area contributed by atoms with Crippen LogP contribution in [0.15, 0.2) is 18.3 Å². The molecule has 1 saturated heterocycles. The fourth-order valence-electron chi connectivity index (χ4n) is 2.30. The molecule has 0 amide bonds. The Balaban J connectivity index is 2.11. The largest absolute Gasteiger partial charge is 0.397 e. The van der Waals surface area contributed by atoms with Crippen LogP contribution >= 0.6 is 11.6 Å². The predicted molar refractivity (Wildman–Crippen MR) is 77.6 cm³/mol. The molecule has 3 heterocycles. The maximum absolute atomic E-state index is 6.18. The Kier molecular flexibility index (Phi) is 3.11. The van der Waals surface area contributed by atoms with Crippen LogP contribution < -0.4 is 5.73 Å². The smallest absolute Gasteiger partial charge is 0.155 e. The monoisotopic (exact) mass is 290 g/mol. The molecule has 6 heteroatoms. The molecule has 2 aromatic rings. The zero-order valence-electron chi connectivity index (χ0n) is 11.4. The van der Waals surface area contributed by atoms with E-state index >= 15 is 0 Å². The maximum Gasteiger partial charge on any atom is 0.155 e. The normalized spacial score (nSPS) is 16.8. The van der Waals surface area contributed by atoms with Gasteiger partial charge in [-0.2, -0.15) is 0 Å². The van der Waals surface area contributed by atoms with E-state index in [0.717, 1.165) is 22.5 Å². The van der Waals surface area contributed by atoms with E-state index in [4.69, 9.17) is 22.1 Å². The minimum atomic E-state index is -0.0938. The molecule has 0 radical (unpaired) electrons. The minimum Gasteiger partial charge on any atom is -0.397 e. The Hall–Kier alpha value is -1.72. The van der Waals surface area contributed by atoms with Crippen LogP contribution in [0.3, 0.4) is 0 Å². The van der Waals surface area contributed by atoms with E-state index in [2.05, 4.69) is 22.1 Å². The number of nitrogens with zero attached hydrogens (tertiary/aromatic N) is 3. The summed E-state index contributed by atoms with van der Waals surface area (Å²) in [6.07, 6.45) is 1.63. The summed E-state index contributed by atoms with van der Waals surface area (Å²) in [6.45, 7) is 5.31. The van der Waals surface area contributed by atoms with Gasteiger partial charge in [0.05, 0.1) is 30.8 Å². The topological polar surface area (TPSA) is 73.9 Å². The van der Waals surface area contributed by atoms with Gasteiger partial charge in [-0.1, -0.05) is 18.5 Å². The highest BCUT2D eigenvalue weighted by Gasteiger charge is 2.38. The number of anilines is 1. The van der Waals surface area contributed by atoms with Gasteiger partial charge in [0.2, 0.25) is 0 Å². The van der Waals surface area contributed by atoms with Crippen molar-refractivity contribution in [1.82, 2.24) is 15.2 Å². The number of nitrogens with two attached hydrogens (primary N) is 1. The molecule has 1 aliphatic heterocycles. The van der Waals surface area contributed by atoms with Crippen LogP contribution in [0.1, 0.15) is 18.2 Å². The highest BCUT2D eigenvalue weighted by molar-refractivity contribution is 6.30. The number of rotatable bonds is 2. The number of ether oxygens (including phenoxy) is 1. The number of nitrogen functional groups attached to an aromatic ring is 1. The highest BCUT2D eigenvalue weighted by atomic mass is 35.5. The first kappa shape index (κ1) is 13.3. The second-order valence-corrected chi connectivity index (χ2v) is 5.75. The fourth-order valence-corrected chi connectivity index (χ4v) is 2.62. The number of halogens is 1. The first-order valence-electron chi connectivity index (χ1n) is 6.33. The van der Waals surface area contributed by atoms with Gasteiger partial charge in [-0.3, -0.25) is 4.98 Å². The van der Waals surface area contributed by atoms with E-state index < -0.39 is 0 Å². The van der Waals surface area contributed by atoms with Crippen LogP contribution in [-0.4, -0.2) is 28.4 Å². The summed E-state index contributed by atoms with van der Waals surface area (Å²) < 4.78 is 5.30. The quantitative estimate of drug-likeness (QED) is 0.919. The molecule has 20 heavy (non-hydrogen) atoms. The molecule has 0 atom stereocenters. The number of aryl methyl sites for hydroxylation is 1. The van der Waals surface area contributed by atoms with E-state index in [-0.39, 0.29) is 5.41 Å². The molecule has 0 saturated carbocycles. The molecule has 5 nitrogen and oxygen atoms in total. The molecule has 0 aromatic carbocycles. The second kappa shape index (κ2) is 4.68. The van der Waals surface area contributed by atoms with Crippen molar-refractivity contribution < 1.29 is 4.74 Å². The summed E-state index contributed by atoms with van der Waals surface area (Å²) in [5.41, 5.74) is 9.72. The van der Waals surface area contributed by atoms with E-state index in [1.165, 1.54) is 0 Å². The van der Waals surface area contributed by atoms with Gasteiger partial charge in [0, 0.05) is 22.2 Å². The average molecular weight is 291 g/mol. The first-order chi connectivity index (χ1) is 9.49. The number of hydrogen-bond acceptors (Lipinski definition) is 5. The molecule has 1 aliphatic rings. The first-order valence-corrected chi connectivity index (χ1v) is 6.71. The van der Waals surface area contributed by atoms with E-state index in [0.29, 0.717) is 24.1 Å². The van der Waals surface area contributed by atoms with Gasteiger partial charge >= 0.3 is 0 Å². The lowest BCUT2D eigenvalue weighted by Gasteiger charge is -2.38. The van der Waals surface area contributed by atoms with Crippen molar-refractivity contribution in [1.29, 1.82) is 0 Å². The van der Waals surface area contributed by atoms with Crippen LogP contribution in [0, 0.1) is 6.92 Å². The summed E-state index contributed by atoms with van der Waals surface area (Å²) in [7, 11) is 0. The number of pyridine rings is 1. The Morgan fingerprint density at radius 2 is 2.05 bits per heavy atom. The third kappa shape index (κ3) is 2.13. The van der Waals surface area contributed by atoms with Gasteiger partial charge in [-0.05, 0) is 19.1 Å². The van der Waals surface area contributed by atoms with Crippen LogP contribution in [-0.2, 0) is 10.2 Å². The second-order valence-electron chi connectivity index (χ2n) is 5.39. The van der Waals surface area contributed by atoms with Gasteiger partial charge in [-0.15, -0.1) is 10.2 Å². The molecule has 0 bridgehead atoms. The molecule has 104 valence electrons. The Bertz CT molecular complexity index is 670. The third-order valence-corrected chi connectivity index (χ3v) is 3.90. The van der Waals surface area contributed by atoms with E-state index in [9.17, 15) is 0 Å². The highest BCUT2D eigenvalue weighted by Crippen LogP contribution is 2.37. The van der Waals surface area contributed by atoms with Crippen molar-refractivity contribution in [2.24, 2.45) is 0 Å². The van der Waals surface area contributed by atoms with Gasteiger partial charge in [0.15, 0.2) is 5.15 Å². The van der Waals surface area contributed by atoms with E-state index in [1.807, 2.05) is 19.1 Å². The Morgan fingerprint density at radius 1 is 1.30 bits per heavy atom. The lowest BCUT2D eigenvalue weighted by molar-refractivity contribution is -0.0501. The lowest BCUT2D eigenvalue weighted by atomic mass is 9.81. The molecule has 0 aliphatic carbocycles. The van der Waals surface area contributed by atoms with E-state index in [1.54, 1.807) is 6.20 Å². The van der Waals surface area contributed by atoms with Crippen molar-refractivity contribution in [3.05, 3.63) is 34.7 Å². The Labute approximate surface area is 122 Å². The lowest BCUT2D eigenvalue weighted by Crippen LogP contribution is -2.44. The maximum atomic E-state index is 6.18. The third-order valence-electron chi connectivity index (χ3n) is 3.62. The van der Waals surface area contributed by atoms with Crippen LogP contribution in [0.4, 0.5) is 5.69 Å². The van der Waals surface area contributed by atoms with Gasteiger partial charge in [0.1, 0.15) is 0 Å². The predicted octanol–water partition coefficient (Wildman–Crippen LogP) is 2.37. The van der Waals surface area contributed by atoms with Gasteiger partial charge < -0.3 is 10.5 Å². The molecule has 2 aromatic heterocycles. The van der Waals surface area contributed by atoms with Crippen molar-refractivity contribution in [3.8, 4) is 11.3 Å². The summed E-state index contributed by atoms with van der Waals surface area (Å²) in [6, 6.07) is 3.81. The average Bonchev–Trinajstić information content (AvgIpc) is 2.40. The van der Waals surface area contributed by atoms with Crippen molar-refractivity contribution in [2.75, 3.05) is 18.9 Å². The summed E-state index contributed by atoms with van der Waals surface area (Å²) in [5.74, 6) is 0. The zero-order valence-corrected chi connectivity index (χ0v) is 12.1. The fraction of sp³-hybridized carbons (Fsp3) is 0.357. The number of hydrogen-bond donors (Lipinski definition) is 1. The van der Waals surface area contributed by atoms with Crippen LogP contribution in [0.25, 0.3) is 11.3 Å². The molecular formula is C14H15ClN4O. The molecular weight excluding hydrogens is 276 g/mol. The van der Waals surface area contributed by atoms with Gasteiger partial charge in [-0.25, -0.2) is 0 Å². The molecule has 1 fully saturated rings. The van der Waals surface area contributed by atoms with Crippen LogP contribution in [0.2, 0.25) is 5.15 Å². The SMILES string of the molecule is Cc1ncc(N)cc1-c1cc(C2(C)COC2)c(Cl)nn1. The van der Waals surface area contributed by atoms with Crippen LogP contribution in [0.5, 0.6) is 0 Å². The summed E-state index contributed by atoms with van der Waals surface area (Å²) >= 11 is 6.18. The van der Waals surface area contributed by atoms with Crippen molar-refractivity contribution in [3.63, 3.8) is 0 Å². The number of aromatic nitrogens is 3. The Morgan fingerprint density at radius 3 is 2.70 bits per heavy atom. The standard InChI is InChI=1S/C14H15ClN4O/c1-8-10(3-9(16)5-17-8)12-4-11(13(15)19-18-12)14(2)6-20-7-14/h3-5H,6-7,16H2,1-2H3. The van der Waals surface area contributed by atoms with Crippen molar-refractivity contribution in [2.45, 2.75) is 19.3 Å².